The molecular formula is C11H19NO. The van der Waals surface area contributed by atoms with Gasteiger partial charge in [-0.2, -0.15) is 0 Å². The molecule has 0 radical (unpaired) electrons. The van der Waals surface area contributed by atoms with Gasteiger partial charge in [-0.25, -0.2) is 0 Å². The molecule has 1 saturated carbocycles. The van der Waals surface area contributed by atoms with Gasteiger partial charge in [0, 0.05) is 18.5 Å². The van der Waals surface area contributed by atoms with Crippen molar-refractivity contribution in [2.75, 3.05) is 13.2 Å². The highest BCUT2D eigenvalue weighted by Crippen LogP contribution is 2.27. The molecule has 2 N–H and O–H groups in total. The molecule has 0 spiro atoms. The lowest BCUT2D eigenvalue weighted by molar-refractivity contribution is 0.122. The molecule has 0 bridgehead atoms. The number of hydrogen-bond acceptors (Lipinski definition) is 2. The number of aliphatic hydroxyl groups is 1. The van der Waals surface area contributed by atoms with Crippen molar-refractivity contribution in [3.63, 3.8) is 0 Å². The predicted molar refractivity (Wildman–Crippen MR) is 54.4 cm³/mol. The van der Waals surface area contributed by atoms with Gasteiger partial charge < -0.3 is 10.4 Å². The zero-order valence-corrected chi connectivity index (χ0v) is 8.18. The molecule has 1 aliphatic rings. The first-order valence-corrected chi connectivity index (χ1v) is 5.12. The normalized spacial score (nSPS) is 20.9. The average molecular weight is 181 g/mol. The van der Waals surface area contributed by atoms with Crippen LogP contribution < -0.4 is 5.32 Å². The number of rotatable bonds is 4. The lowest BCUT2D eigenvalue weighted by Gasteiger charge is -2.36. The van der Waals surface area contributed by atoms with Crippen LogP contribution >= 0.6 is 0 Å². The number of nitrogens with one attached hydrogen (secondary N) is 1. The standard InChI is InChI=1S/C11H19NO/c1-2-3-9-12-11(10-13)7-5-4-6-8-11/h1,12-13H,3-10H2. The van der Waals surface area contributed by atoms with Crippen LogP contribution in [0.5, 0.6) is 0 Å². The minimum Gasteiger partial charge on any atom is -0.394 e. The first kappa shape index (κ1) is 10.6. The Hall–Kier alpha value is -0.520. The Bertz CT molecular complexity index is 177. The smallest absolute Gasteiger partial charge is 0.0613 e. The van der Waals surface area contributed by atoms with Gasteiger partial charge in [-0.3, -0.25) is 0 Å². The summed E-state index contributed by atoms with van der Waals surface area (Å²) in [6, 6.07) is 0. The molecule has 1 rings (SSSR count). The van der Waals surface area contributed by atoms with Gasteiger partial charge in [0.25, 0.3) is 0 Å². The van der Waals surface area contributed by atoms with Crippen LogP contribution in [0.3, 0.4) is 0 Å². The fourth-order valence-corrected chi connectivity index (χ4v) is 2.02. The van der Waals surface area contributed by atoms with Gasteiger partial charge in [0.15, 0.2) is 0 Å². The molecule has 0 saturated heterocycles. The molecule has 2 nitrogen and oxygen atoms in total. The molecular weight excluding hydrogens is 162 g/mol. The predicted octanol–water partition coefficient (Wildman–Crippen LogP) is 1.29. The Balaban J connectivity index is 2.34. The molecule has 13 heavy (non-hydrogen) atoms. The van der Waals surface area contributed by atoms with E-state index < -0.39 is 0 Å². The minimum atomic E-state index is -0.0187. The van der Waals surface area contributed by atoms with Gasteiger partial charge >= 0.3 is 0 Å². The maximum absolute atomic E-state index is 9.33. The molecule has 1 fully saturated rings. The lowest BCUT2D eigenvalue weighted by Crippen LogP contribution is -2.50. The van der Waals surface area contributed by atoms with Gasteiger partial charge in [0.05, 0.1) is 6.61 Å². The average Bonchev–Trinajstić information content (AvgIpc) is 2.20. The minimum absolute atomic E-state index is 0.0187. The SMILES string of the molecule is C#CCCNC1(CO)CCCCC1. The molecule has 1 aliphatic carbocycles. The van der Waals surface area contributed by atoms with Crippen molar-refractivity contribution in [2.24, 2.45) is 0 Å². The summed E-state index contributed by atoms with van der Waals surface area (Å²) in [6.07, 6.45) is 11.9. The zero-order valence-electron chi connectivity index (χ0n) is 8.18. The molecule has 0 aromatic heterocycles. The van der Waals surface area contributed by atoms with Crippen LogP contribution in [0.25, 0.3) is 0 Å². The van der Waals surface area contributed by atoms with Crippen LogP contribution in [0.1, 0.15) is 38.5 Å². The quantitative estimate of drug-likeness (QED) is 0.506. The van der Waals surface area contributed by atoms with Gasteiger partial charge in [-0.1, -0.05) is 19.3 Å². The van der Waals surface area contributed by atoms with E-state index in [1.165, 1.54) is 19.3 Å². The van der Waals surface area contributed by atoms with Gasteiger partial charge in [-0.05, 0) is 12.8 Å². The van der Waals surface area contributed by atoms with E-state index in [0.717, 1.165) is 25.8 Å². The van der Waals surface area contributed by atoms with E-state index in [1.807, 2.05) is 0 Å². The van der Waals surface area contributed by atoms with Crippen molar-refractivity contribution < 1.29 is 5.11 Å². The highest BCUT2D eigenvalue weighted by atomic mass is 16.3. The van der Waals surface area contributed by atoms with E-state index >= 15 is 0 Å². The number of terminal acetylenes is 1. The highest BCUT2D eigenvalue weighted by Gasteiger charge is 2.29. The van der Waals surface area contributed by atoms with Crippen molar-refractivity contribution in [1.29, 1.82) is 0 Å². The first-order chi connectivity index (χ1) is 6.33. The van der Waals surface area contributed by atoms with E-state index in [2.05, 4.69) is 11.2 Å². The molecule has 0 aliphatic heterocycles. The van der Waals surface area contributed by atoms with Crippen molar-refractivity contribution in [3.8, 4) is 12.3 Å². The van der Waals surface area contributed by atoms with E-state index in [1.54, 1.807) is 0 Å². The maximum atomic E-state index is 9.33. The summed E-state index contributed by atoms with van der Waals surface area (Å²) in [5.41, 5.74) is -0.0187. The van der Waals surface area contributed by atoms with Crippen molar-refractivity contribution >= 4 is 0 Å². The summed E-state index contributed by atoms with van der Waals surface area (Å²) in [7, 11) is 0. The van der Waals surface area contributed by atoms with Crippen LogP contribution in [0.4, 0.5) is 0 Å². The third-order valence-corrected chi connectivity index (χ3v) is 2.88. The Labute approximate surface area is 80.7 Å². The van der Waals surface area contributed by atoms with Crippen LogP contribution in [-0.2, 0) is 0 Å². The van der Waals surface area contributed by atoms with Crippen LogP contribution in [0, 0.1) is 12.3 Å². The summed E-state index contributed by atoms with van der Waals surface area (Å²) in [6.45, 7) is 1.08. The van der Waals surface area contributed by atoms with Gasteiger partial charge in [0.2, 0.25) is 0 Å². The van der Waals surface area contributed by atoms with E-state index in [9.17, 15) is 5.11 Å². The van der Waals surface area contributed by atoms with Crippen LogP contribution in [0.2, 0.25) is 0 Å². The largest absolute Gasteiger partial charge is 0.394 e. The van der Waals surface area contributed by atoms with Gasteiger partial charge in [0.1, 0.15) is 0 Å². The Morgan fingerprint density at radius 1 is 1.31 bits per heavy atom. The molecule has 0 aromatic carbocycles. The first-order valence-electron chi connectivity index (χ1n) is 5.12. The molecule has 0 heterocycles. The third kappa shape index (κ3) is 3.02. The highest BCUT2D eigenvalue weighted by molar-refractivity contribution is 4.92. The molecule has 74 valence electrons. The fourth-order valence-electron chi connectivity index (χ4n) is 2.02. The van der Waals surface area contributed by atoms with Crippen molar-refractivity contribution in [3.05, 3.63) is 0 Å². The van der Waals surface area contributed by atoms with E-state index in [-0.39, 0.29) is 12.1 Å². The second-order valence-electron chi connectivity index (χ2n) is 3.88. The molecule has 0 amide bonds. The third-order valence-electron chi connectivity index (χ3n) is 2.88. The summed E-state index contributed by atoms with van der Waals surface area (Å²) in [5, 5.41) is 12.7. The lowest BCUT2D eigenvalue weighted by atomic mass is 9.82. The maximum Gasteiger partial charge on any atom is 0.0613 e. The summed E-state index contributed by atoms with van der Waals surface area (Å²) < 4.78 is 0. The summed E-state index contributed by atoms with van der Waals surface area (Å²) in [5.74, 6) is 2.60. The van der Waals surface area contributed by atoms with Crippen LogP contribution in [0.15, 0.2) is 0 Å². The summed E-state index contributed by atoms with van der Waals surface area (Å²) in [4.78, 5) is 0. The monoisotopic (exact) mass is 181 g/mol. The Kier molecular flexibility index (Phi) is 4.27. The second kappa shape index (κ2) is 5.26. The van der Waals surface area contributed by atoms with E-state index in [4.69, 9.17) is 6.42 Å². The number of hydrogen-bond donors (Lipinski definition) is 2. The van der Waals surface area contributed by atoms with Gasteiger partial charge in [-0.15, -0.1) is 12.3 Å². The van der Waals surface area contributed by atoms with E-state index in [0.29, 0.717) is 0 Å². The Morgan fingerprint density at radius 2 is 2.00 bits per heavy atom. The molecule has 0 atom stereocenters. The summed E-state index contributed by atoms with van der Waals surface area (Å²) >= 11 is 0. The van der Waals surface area contributed by atoms with Crippen LogP contribution in [-0.4, -0.2) is 23.8 Å². The second-order valence-corrected chi connectivity index (χ2v) is 3.88. The molecule has 0 aromatic rings. The topological polar surface area (TPSA) is 32.3 Å². The zero-order chi connectivity index (χ0) is 9.57. The fraction of sp³-hybridized carbons (Fsp3) is 0.818. The van der Waals surface area contributed by atoms with Crippen molar-refractivity contribution in [1.82, 2.24) is 5.32 Å². The number of aliphatic hydroxyl groups excluding tert-OH is 1. The van der Waals surface area contributed by atoms with Crippen molar-refractivity contribution in [2.45, 2.75) is 44.1 Å². The molecule has 2 heteroatoms. The molecule has 0 unspecified atom stereocenters. The Morgan fingerprint density at radius 3 is 2.54 bits per heavy atom.